The highest BCUT2D eigenvalue weighted by Crippen LogP contribution is 2.27. The van der Waals surface area contributed by atoms with E-state index in [1.807, 2.05) is 18.2 Å². The molecule has 1 heterocycles. The van der Waals surface area contributed by atoms with E-state index in [0.717, 1.165) is 11.0 Å². The highest BCUT2D eigenvalue weighted by Gasteiger charge is 2.21. The second kappa shape index (κ2) is 4.24. The predicted octanol–water partition coefficient (Wildman–Crippen LogP) is 2.44. The molecular weight excluding hydrogens is 242 g/mol. The Morgan fingerprint density at radius 2 is 2.14 bits per heavy atom. The summed E-state index contributed by atoms with van der Waals surface area (Å²) in [6.07, 6.45) is 1.28. The first kappa shape index (κ1) is 9.87. The number of benzene rings is 1. The lowest BCUT2D eigenvalue weighted by Crippen LogP contribution is -2.31. The largest absolute Gasteiger partial charge is 0.309 e. The molecule has 14 heavy (non-hydrogen) atoms. The van der Waals surface area contributed by atoms with Crippen LogP contribution in [0.4, 0.5) is 0 Å². The number of rotatable bonds is 1. The first-order valence-corrected chi connectivity index (χ1v) is 5.56. The summed E-state index contributed by atoms with van der Waals surface area (Å²) in [6, 6.07) is 8.24. The van der Waals surface area contributed by atoms with E-state index in [4.69, 9.17) is 0 Å². The maximum Gasteiger partial charge on any atom is 0.136 e. The summed E-state index contributed by atoms with van der Waals surface area (Å²) in [6.45, 7) is 0.796. The van der Waals surface area contributed by atoms with Crippen LogP contribution in [0.2, 0.25) is 0 Å². The lowest BCUT2D eigenvalue weighted by molar-refractivity contribution is -0.120. The van der Waals surface area contributed by atoms with Gasteiger partial charge in [0.25, 0.3) is 0 Å². The van der Waals surface area contributed by atoms with Gasteiger partial charge in [0.1, 0.15) is 5.78 Å². The summed E-state index contributed by atoms with van der Waals surface area (Å²) in [5.41, 5.74) is 1.18. The van der Waals surface area contributed by atoms with E-state index in [1.165, 1.54) is 5.56 Å². The molecule has 3 heteroatoms. The van der Waals surface area contributed by atoms with Crippen molar-refractivity contribution < 1.29 is 4.79 Å². The molecule has 0 aromatic heterocycles. The summed E-state index contributed by atoms with van der Waals surface area (Å²) < 4.78 is 1.08. The fraction of sp³-hybridized carbons (Fsp3) is 0.364. The number of Topliss-reactive ketones (excluding diaryl/α,β-unsaturated/α-hetero) is 1. The van der Waals surface area contributed by atoms with Crippen molar-refractivity contribution >= 4 is 21.7 Å². The number of piperidine rings is 1. The molecule has 1 N–H and O–H groups in total. The van der Waals surface area contributed by atoms with Crippen molar-refractivity contribution in [2.24, 2.45) is 0 Å². The minimum Gasteiger partial charge on any atom is -0.309 e. The van der Waals surface area contributed by atoms with E-state index in [0.29, 0.717) is 18.6 Å². The number of hydrogen-bond acceptors (Lipinski definition) is 2. The van der Waals surface area contributed by atoms with Crippen molar-refractivity contribution in [3.8, 4) is 0 Å². The van der Waals surface area contributed by atoms with Crippen molar-refractivity contribution in [1.29, 1.82) is 0 Å². The van der Waals surface area contributed by atoms with Gasteiger partial charge in [0.15, 0.2) is 0 Å². The van der Waals surface area contributed by atoms with Gasteiger partial charge in [-0.1, -0.05) is 34.1 Å². The Morgan fingerprint density at radius 3 is 2.86 bits per heavy atom. The summed E-state index contributed by atoms with van der Waals surface area (Å²) >= 11 is 3.50. The van der Waals surface area contributed by atoms with Gasteiger partial charge in [-0.05, 0) is 11.6 Å². The standard InChI is InChI=1S/C11H12BrNO/c12-10-4-2-1-3-9(10)11-7-8(14)5-6-13-11/h1-4,11,13H,5-7H2. The molecule has 0 bridgehead atoms. The molecule has 1 aromatic rings. The predicted molar refractivity (Wildman–Crippen MR) is 59.1 cm³/mol. The third-order valence-electron chi connectivity index (χ3n) is 2.51. The van der Waals surface area contributed by atoms with E-state index in [-0.39, 0.29) is 6.04 Å². The van der Waals surface area contributed by atoms with Gasteiger partial charge in [-0.2, -0.15) is 0 Å². The molecule has 0 radical (unpaired) electrons. The lowest BCUT2D eigenvalue weighted by atomic mass is 9.97. The number of carbonyl (C=O) groups is 1. The highest BCUT2D eigenvalue weighted by atomic mass is 79.9. The van der Waals surface area contributed by atoms with Gasteiger partial charge in [0.2, 0.25) is 0 Å². The molecule has 2 nitrogen and oxygen atoms in total. The smallest absolute Gasteiger partial charge is 0.136 e. The first-order valence-electron chi connectivity index (χ1n) is 4.77. The Hall–Kier alpha value is -0.670. The molecule has 1 saturated heterocycles. The molecule has 74 valence electrons. The third-order valence-corrected chi connectivity index (χ3v) is 3.23. The molecule has 1 unspecified atom stereocenters. The van der Waals surface area contributed by atoms with Gasteiger partial charge >= 0.3 is 0 Å². The summed E-state index contributed by atoms with van der Waals surface area (Å²) in [5.74, 6) is 0.351. The van der Waals surface area contributed by atoms with E-state index in [9.17, 15) is 4.79 Å². The number of nitrogens with one attached hydrogen (secondary N) is 1. The minimum absolute atomic E-state index is 0.187. The zero-order valence-corrected chi connectivity index (χ0v) is 9.38. The van der Waals surface area contributed by atoms with Crippen LogP contribution in [-0.2, 0) is 4.79 Å². The zero-order chi connectivity index (χ0) is 9.97. The van der Waals surface area contributed by atoms with Crippen LogP contribution in [-0.4, -0.2) is 12.3 Å². The van der Waals surface area contributed by atoms with Crippen molar-refractivity contribution in [3.05, 3.63) is 34.3 Å². The number of ketones is 1. The fourth-order valence-electron chi connectivity index (χ4n) is 1.77. The average molecular weight is 254 g/mol. The molecule has 1 aliphatic rings. The van der Waals surface area contributed by atoms with Gasteiger partial charge < -0.3 is 5.32 Å². The van der Waals surface area contributed by atoms with Crippen LogP contribution in [0.25, 0.3) is 0 Å². The Kier molecular flexibility index (Phi) is 2.99. The van der Waals surface area contributed by atoms with E-state index >= 15 is 0 Å². The molecule has 0 saturated carbocycles. The maximum absolute atomic E-state index is 11.3. The number of hydrogen-bond donors (Lipinski definition) is 1. The lowest BCUT2D eigenvalue weighted by Gasteiger charge is -2.23. The molecule has 1 aliphatic heterocycles. The van der Waals surface area contributed by atoms with Crippen molar-refractivity contribution in [3.63, 3.8) is 0 Å². The topological polar surface area (TPSA) is 29.1 Å². The first-order chi connectivity index (χ1) is 6.77. The quantitative estimate of drug-likeness (QED) is 0.834. The van der Waals surface area contributed by atoms with Crippen molar-refractivity contribution in [2.45, 2.75) is 18.9 Å². The third kappa shape index (κ3) is 2.04. The molecule has 2 rings (SSSR count). The van der Waals surface area contributed by atoms with Gasteiger partial charge in [0, 0.05) is 29.9 Å². The Morgan fingerprint density at radius 1 is 1.36 bits per heavy atom. The van der Waals surface area contributed by atoms with Gasteiger partial charge in [0.05, 0.1) is 0 Å². The molecule has 0 spiro atoms. The highest BCUT2D eigenvalue weighted by molar-refractivity contribution is 9.10. The van der Waals surface area contributed by atoms with Crippen LogP contribution in [0.3, 0.4) is 0 Å². The molecule has 1 fully saturated rings. The van der Waals surface area contributed by atoms with Crippen molar-refractivity contribution in [2.75, 3.05) is 6.54 Å². The number of carbonyl (C=O) groups excluding carboxylic acids is 1. The van der Waals surface area contributed by atoms with Gasteiger partial charge in [-0.3, -0.25) is 4.79 Å². The van der Waals surface area contributed by atoms with Gasteiger partial charge in [-0.25, -0.2) is 0 Å². The van der Waals surface area contributed by atoms with Crippen LogP contribution in [0.1, 0.15) is 24.4 Å². The molecule has 0 aliphatic carbocycles. The second-order valence-electron chi connectivity index (χ2n) is 3.52. The maximum atomic E-state index is 11.3. The van der Waals surface area contributed by atoms with Crippen LogP contribution in [0, 0.1) is 0 Å². The molecule has 0 amide bonds. The van der Waals surface area contributed by atoms with Crippen LogP contribution in [0.15, 0.2) is 28.7 Å². The van der Waals surface area contributed by atoms with Crippen LogP contribution >= 0.6 is 15.9 Å². The van der Waals surface area contributed by atoms with E-state index < -0.39 is 0 Å². The van der Waals surface area contributed by atoms with Crippen LogP contribution < -0.4 is 5.32 Å². The average Bonchev–Trinajstić information content (AvgIpc) is 2.18. The number of halogens is 1. The molecule has 1 aromatic carbocycles. The van der Waals surface area contributed by atoms with Gasteiger partial charge in [-0.15, -0.1) is 0 Å². The SMILES string of the molecule is O=C1CCNC(c2ccccc2Br)C1. The summed E-state index contributed by atoms with van der Waals surface area (Å²) in [7, 11) is 0. The minimum atomic E-state index is 0.187. The fourth-order valence-corrected chi connectivity index (χ4v) is 2.33. The van der Waals surface area contributed by atoms with E-state index in [2.05, 4.69) is 27.3 Å². The summed E-state index contributed by atoms with van der Waals surface area (Å²) in [4.78, 5) is 11.3. The Bertz CT molecular complexity index is 351. The molecular formula is C11H12BrNO. The van der Waals surface area contributed by atoms with E-state index in [1.54, 1.807) is 0 Å². The normalized spacial score (nSPS) is 22.4. The molecule has 1 atom stereocenters. The van der Waals surface area contributed by atoms with Crippen LogP contribution in [0.5, 0.6) is 0 Å². The van der Waals surface area contributed by atoms with Crippen molar-refractivity contribution in [1.82, 2.24) is 5.32 Å². The Labute approximate surface area is 91.8 Å². The monoisotopic (exact) mass is 253 g/mol. The zero-order valence-electron chi connectivity index (χ0n) is 7.79. The second-order valence-corrected chi connectivity index (χ2v) is 4.38. The summed E-state index contributed by atoms with van der Waals surface area (Å²) in [5, 5.41) is 3.36. The Balaban J connectivity index is 2.22.